The molecule has 188 valence electrons. The van der Waals surface area contributed by atoms with E-state index in [4.69, 9.17) is 4.74 Å². The van der Waals surface area contributed by atoms with Gasteiger partial charge in [-0.25, -0.2) is 35.4 Å². The minimum Gasteiger partial charge on any atom is -0.494 e. The van der Waals surface area contributed by atoms with Gasteiger partial charge in [-0.05, 0) is 37.5 Å². The van der Waals surface area contributed by atoms with Crippen molar-refractivity contribution in [2.75, 3.05) is 24.6 Å². The summed E-state index contributed by atoms with van der Waals surface area (Å²) < 4.78 is 99.6. The van der Waals surface area contributed by atoms with Gasteiger partial charge in [0.25, 0.3) is 0 Å². The van der Waals surface area contributed by atoms with Crippen molar-refractivity contribution < 1.29 is 35.1 Å². The van der Waals surface area contributed by atoms with Crippen molar-refractivity contribution in [2.24, 2.45) is 0 Å². The summed E-state index contributed by atoms with van der Waals surface area (Å²) in [4.78, 5) is 4.68. The van der Waals surface area contributed by atoms with E-state index in [1.807, 2.05) is 41.5 Å². The second kappa shape index (κ2) is 10.1. The first-order valence-electron chi connectivity index (χ1n) is 10.8. The number of ether oxygens (including phenoxy) is 1. The van der Waals surface area contributed by atoms with Crippen LogP contribution >= 0.6 is 11.3 Å². The largest absolute Gasteiger partial charge is 0.494 e. The van der Waals surface area contributed by atoms with Crippen LogP contribution < -0.4 is 9.64 Å². The number of aromatic nitrogens is 1. The highest BCUT2D eigenvalue weighted by atomic mass is 32.2. The maximum absolute atomic E-state index is 14.1. The number of piperidine rings is 1. The molecule has 2 heterocycles. The first kappa shape index (κ1) is 25.4. The smallest absolute Gasteiger partial charge is 0.200 e. The fourth-order valence-corrected chi connectivity index (χ4v) is 6.68. The molecule has 1 aliphatic heterocycles. The second-order valence-electron chi connectivity index (χ2n) is 8.01. The van der Waals surface area contributed by atoms with E-state index in [1.165, 1.54) is 11.3 Å². The predicted molar refractivity (Wildman–Crippen MR) is 121 cm³/mol. The molecule has 0 unspecified atom stereocenters. The third kappa shape index (κ3) is 4.99. The molecule has 1 aliphatic rings. The summed E-state index contributed by atoms with van der Waals surface area (Å²) in [5.41, 5.74) is 1.86. The fraction of sp³-hybridized carbons (Fsp3) is 0.348. The van der Waals surface area contributed by atoms with Crippen molar-refractivity contribution in [2.45, 2.75) is 36.3 Å². The summed E-state index contributed by atoms with van der Waals surface area (Å²) in [6.45, 7) is 2.89. The lowest BCUT2D eigenvalue weighted by molar-refractivity contribution is 0.340. The van der Waals surface area contributed by atoms with Gasteiger partial charge >= 0.3 is 0 Å². The number of halogens is 5. The quantitative estimate of drug-likeness (QED) is 0.180. The van der Waals surface area contributed by atoms with Crippen molar-refractivity contribution >= 4 is 26.3 Å². The number of nitrogens with zero attached hydrogens (tertiary/aromatic N) is 2. The van der Waals surface area contributed by atoms with Crippen LogP contribution in [0.2, 0.25) is 0 Å². The third-order valence-electron chi connectivity index (χ3n) is 5.76. The average Bonchev–Trinajstić information content (AvgIpc) is 3.31. The number of sulfone groups is 1. The molecule has 0 atom stereocenters. The standard InChI is InChI=1S/C23H21F5N2O3S2/c1-2-33-15-5-3-13(4-6-15)11-14-12-34-23(29-14)30-9-7-16(8-10-30)35(31,32)22-20(27)18(25)17(24)19(26)21(22)28/h3-6,12,16H,2,7-11H2,1H3. The summed E-state index contributed by atoms with van der Waals surface area (Å²) in [6.07, 6.45) is 0.499. The van der Waals surface area contributed by atoms with E-state index in [0.717, 1.165) is 17.0 Å². The molecule has 4 rings (SSSR count). The predicted octanol–water partition coefficient (Wildman–Crippen LogP) is 5.27. The molecule has 0 aliphatic carbocycles. The van der Waals surface area contributed by atoms with E-state index in [0.29, 0.717) is 18.2 Å². The number of hydrogen-bond acceptors (Lipinski definition) is 6. The van der Waals surface area contributed by atoms with Crippen LogP contribution in [0.4, 0.5) is 27.1 Å². The van der Waals surface area contributed by atoms with E-state index in [-0.39, 0.29) is 25.9 Å². The molecule has 3 aromatic rings. The minimum absolute atomic E-state index is 0.0460. The van der Waals surface area contributed by atoms with Gasteiger partial charge in [-0.1, -0.05) is 12.1 Å². The van der Waals surface area contributed by atoms with E-state index in [9.17, 15) is 30.4 Å². The molecule has 0 bridgehead atoms. The van der Waals surface area contributed by atoms with Crippen LogP contribution in [0.5, 0.6) is 5.75 Å². The summed E-state index contributed by atoms with van der Waals surface area (Å²) in [5, 5.41) is 1.28. The minimum atomic E-state index is -4.78. The van der Waals surface area contributed by atoms with Crippen LogP contribution in [-0.4, -0.2) is 38.3 Å². The number of rotatable bonds is 7. The first-order chi connectivity index (χ1) is 16.6. The molecule has 0 amide bonds. The Balaban J connectivity index is 1.44. The van der Waals surface area contributed by atoms with Crippen LogP contribution in [0.15, 0.2) is 34.5 Å². The Morgan fingerprint density at radius 3 is 2.11 bits per heavy atom. The summed E-state index contributed by atoms with van der Waals surface area (Å²) in [5.74, 6) is -10.8. The van der Waals surface area contributed by atoms with Gasteiger partial charge in [-0.2, -0.15) is 0 Å². The van der Waals surface area contributed by atoms with Crippen LogP contribution in [-0.2, 0) is 16.3 Å². The number of benzene rings is 2. The zero-order valence-electron chi connectivity index (χ0n) is 18.5. The van der Waals surface area contributed by atoms with Crippen LogP contribution in [0.1, 0.15) is 31.0 Å². The van der Waals surface area contributed by atoms with Gasteiger partial charge in [-0.15, -0.1) is 11.3 Å². The van der Waals surface area contributed by atoms with E-state index in [1.54, 1.807) is 0 Å². The first-order valence-corrected chi connectivity index (χ1v) is 13.2. The second-order valence-corrected chi connectivity index (χ2v) is 11.0. The molecule has 12 heteroatoms. The van der Waals surface area contributed by atoms with Crippen molar-refractivity contribution in [3.63, 3.8) is 0 Å². The number of thiazole rings is 1. The Kier molecular flexibility index (Phi) is 7.32. The van der Waals surface area contributed by atoms with E-state index >= 15 is 0 Å². The molecule has 0 saturated carbocycles. The highest BCUT2D eigenvalue weighted by Gasteiger charge is 2.39. The van der Waals surface area contributed by atoms with Gasteiger partial charge in [0.1, 0.15) is 10.6 Å². The normalized spacial score (nSPS) is 15.0. The van der Waals surface area contributed by atoms with Crippen LogP contribution in [0.3, 0.4) is 0 Å². The maximum Gasteiger partial charge on any atom is 0.200 e. The van der Waals surface area contributed by atoms with Crippen molar-refractivity contribution in [1.82, 2.24) is 4.98 Å². The lowest BCUT2D eigenvalue weighted by atomic mass is 10.1. The summed E-state index contributed by atoms with van der Waals surface area (Å²) in [6, 6.07) is 7.64. The molecule has 0 radical (unpaired) electrons. The average molecular weight is 533 g/mol. The van der Waals surface area contributed by atoms with Crippen molar-refractivity contribution in [3.8, 4) is 5.75 Å². The Morgan fingerprint density at radius 1 is 0.971 bits per heavy atom. The number of anilines is 1. The maximum atomic E-state index is 14.1. The van der Waals surface area contributed by atoms with Gasteiger partial charge in [0.15, 0.2) is 38.2 Å². The van der Waals surface area contributed by atoms with Crippen molar-refractivity contribution in [1.29, 1.82) is 0 Å². The Labute approximate surface area is 203 Å². The van der Waals surface area contributed by atoms with Gasteiger partial charge in [-0.3, -0.25) is 0 Å². The molecular weight excluding hydrogens is 511 g/mol. The summed E-state index contributed by atoms with van der Waals surface area (Å²) in [7, 11) is -4.78. The van der Waals surface area contributed by atoms with Crippen LogP contribution in [0.25, 0.3) is 0 Å². The fourth-order valence-electron chi connectivity index (χ4n) is 3.96. The molecule has 1 saturated heterocycles. The zero-order valence-corrected chi connectivity index (χ0v) is 20.2. The molecule has 1 aromatic heterocycles. The lowest BCUT2D eigenvalue weighted by Gasteiger charge is -2.31. The Hall–Kier alpha value is -2.73. The Bertz CT molecular complexity index is 1290. The van der Waals surface area contributed by atoms with Gasteiger partial charge < -0.3 is 9.64 Å². The Morgan fingerprint density at radius 2 is 1.54 bits per heavy atom. The van der Waals surface area contributed by atoms with Crippen molar-refractivity contribution in [3.05, 3.63) is 70.0 Å². The summed E-state index contributed by atoms with van der Waals surface area (Å²) >= 11 is 1.38. The topological polar surface area (TPSA) is 59.5 Å². The van der Waals surface area contributed by atoms with Gasteiger partial charge in [0.2, 0.25) is 5.82 Å². The van der Waals surface area contributed by atoms with Crippen LogP contribution in [0, 0.1) is 29.1 Å². The molecular formula is C23H21F5N2O3S2. The SMILES string of the molecule is CCOc1ccc(Cc2csc(N3CCC(S(=O)(=O)c4c(F)c(F)c(F)c(F)c4F)CC3)n2)cc1. The molecule has 2 aromatic carbocycles. The highest BCUT2D eigenvalue weighted by molar-refractivity contribution is 7.92. The van der Waals surface area contributed by atoms with Gasteiger partial charge in [0, 0.05) is 24.9 Å². The lowest BCUT2D eigenvalue weighted by Crippen LogP contribution is -2.40. The monoisotopic (exact) mass is 532 g/mol. The molecule has 5 nitrogen and oxygen atoms in total. The molecule has 0 spiro atoms. The molecule has 1 fully saturated rings. The third-order valence-corrected chi connectivity index (χ3v) is 8.99. The zero-order chi connectivity index (χ0) is 25.3. The highest BCUT2D eigenvalue weighted by Crippen LogP contribution is 2.34. The van der Waals surface area contributed by atoms with Gasteiger partial charge in [0.05, 0.1) is 17.6 Å². The molecule has 35 heavy (non-hydrogen) atoms. The molecule has 0 N–H and O–H groups in total. The van der Waals surface area contributed by atoms with E-state index in [2.05, 4.69) is 4.98 Å². The number of hydrogen-bond donors (Lipinski definition) is 0. The van der Waals surface area contributed by atoms with E-state index < -0.39 is 49.1 Å².